The second kappa shape index (κ2) is 5.14. The van der Waals surface area contributed by atoms with Crippen LogP contribution in [0, 0.1) is 6.92 Å². The zero-order chi connectivity index (χ0) is 13.1. The maximum Gasteiger partial charge on any atom is 0.274 e. The van der Waals surface area contributed by atoms with Gasteiger partial charge in [-0.05, 0) is 26.0 Å². The van der Waals surface area contributed by atoms with Crippen LogP contribution in [-0.4, -0.2) is 15.9 Å². The number of carbonyl (C=O) groups excluding carboxylic acids is 1. The summed E-state index contributed by atoms with van der Waals surface area (Å²) in [6, 6.07) is 3.96. The number of carbonyl (C=O) groups is 1. The molecule has 0 aromatic carbocycles. The van der Waals surface area contributed by atoms with Crippen LogP contribution < -0.4 is 11.1 Å². The van der Waals surface area contributed by atoms with E-state index >= 15 is 0 Å². The summed E-state index contributed by atoms with van der Waals surface area (Å²) in [7, 11) is 0. The number of nitrogens with zero attached hydrogens (tertiary/aromatic N) is 2. The number of aromatic nitrogens is 2. The number of hydrogen-bond donors (Lipinski definition) is 2. The van der Waals surface area contributed by atoms with Crippen LogP contribution in [0.5, 0.6) is 0 Å². The zero-order valence-electron chi connectivity index (χ0n) is 10.2. The van der Waals surface area contributed by atoms with E-state index in [1.54, 1.807) is 11.3 Å². The molecule has 94 valence electrons. The van der Waals surface area contributed by atoms with Gasteiger partial charge < -0.3 is 11.1 Å². The first kappa shape index (κ1) is 12.5. The Balaban J connectivity index is 2.10. The molecular formula is C12H14N4OS. The second-order valence-corrected chi connectivity index (χ2v) is 5.25. The third kappa shape index (κ3) is 2.65. The van der Waals surface area contributed by atoms with Gasteiger partial charge in [-0.1, -0.05) is 0 Å². The molecule has 0 aliphatic rings. The molecule has 1 amide bonds. The molecule has 2 heterocycles. The lowest BCUT2D eigenvalue weighted by molar-refractivity contribution is 0.0936. The molecule has 5 nitrogen and oxygen atoms in total. The topological polar surface area (TPSA) is 80.9 Å². The number of nitrogens with two attached hydrogens (primary N) is 1. The average molecular weight is 262 g/mol. The predicted octanol–water partition coefficient (Wildman–Crippen LogP) is 1.92. The summed E-state index contributed by atoms with van der Waals surface area (Å²) in [6.07, 6.45) is 2.91. The highest BCUT2D eigenvalue weighted by Crippen LogP contribution is 2.22. The number of anilines is 1. The number of amides is 1. The van der Waals surface area contributed by atoms with Crippen LogP contribution >= 0.6 is 11.3 Å². The van der Waals surface area contributed by atoms with Crippen LogP contribution in [0.4, 0.5) is 5.82 Å². The van der Waals surface area contributed by atoms with Crippen molar-refractivity contribution in [2.24, 2.45) is 0 Å². The standard InChI is InChI=1S/C12H14N4OS/c1-7-3-4-9(18-7)8(2)16-12(17)10-11(13)15-6-5-14-10/h3-6,8H,1-2H3,(H2,13,15)(H,16,17)/t8-/m1/s1. The summed E-state index contributed by atoms with van der Waals surface area (Å²) in [5.41, 5.74) is 5.77. The van der Waals surface area contributed by atoms with Crippen molar-refractivity contribution >= 4 is 23.1 Å². The fourth-order valence-electron chi connectivity index (χ4n) is 1.55. The number of hydrogen-bond acceptors (Lipinski definition) is 5. The molecule has 3 N–H and O–H groups in total. The summed E-state index contributed by atoms with van der Waals surface area (Å²) in [5, 5.41) is 2.86. The number of nitrogens with one attached hydrogen (secondary N) is 1. The zero-order valence-corrected chi connectivity index (χ0v) is 11.0. The van der Waals surface area contributed by atoms with Gasteiger partial charge in [0.05, 0.1) is 6.04 Å². The molecule has 0 spiro atoms. The monoisotopic (exact) mass is 262 g/mol. The van der Waals surface area contributed by atoms with Crippen LogP contribution in [0.25, 0.3) is 0 Å². The molecule has 6 heteroatoms. The molecule has 1 atom stereocenters. The summed E-state index contributed by atoms with van der Waals surface area (Å²) in [4.78, 5) is 22.1. The molecule has 0 saturated heterocycles. The van der Waals surface area contributed by atoms with Gasteiger partial charge in [-0.15, -0.1) is 11.3 Å². The highest BCUT2D eigenvalue weighted by molar-refractivity contribution is 7.12. The Kier molecular flexibility index (Phi) is 3.57. The average Bonchev–Trinajstić information content (AvgIpc) is 2.76. The van der Waals surface area contributed by atoms with Gasteiger partial charge in [0.15, 0.2) is 11.5 Å². The van der Waals surface area contributed by atoms with E-state index in [2.05, 4.69) is 15.3 Å². The second-order valence-electron chi connectivity index (χ2n) is 3.93. The summed E-state index contributed by atoms with van der Waals surface area (Å²) in [5.74, 6) is -0.163. The van der Waals surface area contributed by atoms with E-state index in [9.17, 15) is 4.79 Å². The van der Waals surface area contributed by atoms with Crippen LogP contribution in [0.1, 0.15) is 33.2 Å². The maximum atomic E-state index is 12.0. The Bertz CT molecular complexity index is 567. The van der Waals surface area contributed by atoms with E-state index < -0.39 is 0 Å². The molecule has 0 bridgehead atoms. The van der Waals surface area contributed by atoms with Crippen molar-refractivity contribution in [2.75, 3.05) is 5.73 Å². The van der Waals surface area contributed by atoms with Gasteiger partial charge in [-0.3, -0.25) is 4.79 Å². The molecule has 18 heavy (non-hydrogen) atoms. The smallest absolute Gasteiger partial charge is 0.274 e. The third-order valence-corrected chi connectivity index (χ3v) is 3.66. The molecule has 0 fully saturated rings. The minimum absolute atomic E-state index is 0.0717. The fraction of sp³-hybridized carbons (Fsp3) is 0.250. The van der Waals surface area contributed by atoms with Gasteiger partial charge in [0.25, 0.3) is 5.91 Å². The van der Waals surface area contributed by atoms with E-state index in [1.165, 1.54) is 17.3 Å². The quantitative estimate of drug-likeness (QED) is 0.885. The molecule has 2 rings (SSSR count). The van der Waals surface area contributed by atoms with Gasteiger partial charge >= 0.3 is 0 Å². The molecule has 0 aliphatic heterocycles. The van der Waals surface area contributed by atoms with Crippen molar-refractivity contribution in [2.45, 2.75) is 19.9 Å². The Labute approximate surface area is 109 Å². The van der Waals surface area contributed by atoms with Gasteiger partial charge in [0.1, 0.15) is 0 Å². The van der Waals surface area contributed by atoms with Gasteiger partial charge in [0.2, 0.25) is 0 Å². The molecule has 0 aliphatic carbocycles. The Morgan fingerprint density at radius 3 is 2.72 bits per heavy atom. The van der Waals surface area contributed by atoms with Crippen molar-refractivity contribution in [1.82, 2.24) is 15.3 Å². The lowest BCUT2D eigenvalue weighted by Crippen LogP contribution is -2.28. The Morgan fingerprint density at radius 1 is 1.39 bits per heavy atom. The Hall–Kier alpha value is -1.95. The van der Waals surface area contributed by atoms with Crippen molar-refractivity contribution in [3.05, 3.63) is 40.0 Å². The normalized spacial score (nSPS) is 12.1. The lowest BCUT2D eigenvalue weighted by atomic mass is 10.2. The van der Waals surface area contributed by atoms with E-state index in [-0.39, 0.29) is 23.5 Å². The lowest BCUT2D eigenvalue weighted by Gasteiger charge is -2.12. The van der Waals surface area contributed by atoms with Gasteiger partial charge in [-0.25, -0.2) is 9.97 Å². The summed E-state index contributed by atoms with van der Waals surface area (Å²) in [6.45, 7) is 3.96. The highest BCUT2D eigenvalue weighted by Gasteiger charge is 2.16. The first-order chi connectivity index (χ1) is 8.58. The first-order valence-corrected chi connectivity index (χ1v) is 6.33. The molecular weight excluding hydrogens is 248 g/mol. The molecule has 0 radical (unpaired) electrons. The fourth-order valence-corrected chi connectivity index (χ4v) is 2.43. The van der Waals surface area contributed by atoms with Crippen LogP contribution in [0.15, 0.2) is 24.5 Å². The van der Waals surface area contributed by atoms with E-state index in [0.29, 0.717) is 0 Å². The van der Waals surface area contributed by atoms with E-state index in [1.807, 2.05) is 26.0 Å². The summed E-state index contributed by atoms with van der Waals surface area (Å²) < 4.78 is 0. The van der Waals surface area contributed by atoms with E-state index in [4.69, 9.17) is 5.73 Å². The van der Waals surface area contributed by atoms with Crippen molar-refractivity contribution in [3.8, 4) is 0 Å². The molecule has 2 aromatic rings. The molecule has 0 unspecified atom stereocenters. The first-order valence-electron chi connectivity index (χ1n) is 5.51. The van der Waals surface area contributed by atoms with Crippen molar-refractivity contribution in [1.29, 1.82) is 0 Å². The van der Waals surface area contributed by atoms with Gasteiger partial charge in [0, 0.05) is 22.1 Å². The largest absolute Gasteiger partial charge is 0.382 e. The third-order valence-electron chi connectivity index (χ3n) is 2.48. The minimum atomic E-state index is -0.306. The maximum absolute atomic E-state index is 12.0. The van der Waals surface area contributed by atoms with Crippen LogP contribution in [0.2, 0.25) is 0 Å². The number of nitrogen functional groups attached to an aromatic ring is 1. The van der Waals surface area contributed by atoms with Crippen LogP contribution in [0.3, 0.4) is 0 Å². The predicted molar refractivity (Wildman–Crippen MR) is 71.4 cm³/mol. The summed E-state index contributed by atoms with van der Waals surface area (Å²) >= 11 is 1.66. The molecule has 2 aromatic heterocycles. The Morgan fingerprint density at radius 2 is 2.11 bits per heavy atom. The minimum Gasteiger partial charge on any atom is -0.382 e. The number of aryl methyl sites for hydroxylation is 1. The van der Waals surface area contributed by atoms with Crippen molar-refractivity contribution in [3.63, 3.8) is 0 Å². The number of thiophene rings is 1. The SMILES string of the molecule is Cc1ccc([C@@H](C)NC(=O)c2nccnc2N)s1. The van der Waals surface area contributed by atoms with Crippen LogP contribution in [-0.2, 0) is 0 Å². The van der Waals surface area contributed by atoms with Gasteiger partial charge in [-0.2, -0.15) is 0 Å². The molecule has 0 saturated carbocycles. The van der Waals surface area contributed by atoms with Crippen molar-refractivity contribution < 1.29 is 4.79 Å². The van der Waals surface area contributed by atoms with E-state index in [0.717, 1.165) is 4.88 Å². The highest BCUT2D eigenvalue weighted by atomic mass is 32.1. The number of rotatable bonds is 3.